The van der Waals surface area contributed by atoms with Gasteiger partial charge in [0.05, 0.1) is 6.61 Å². The van der Waals surface area contributed by atoms with Crippen molar-refractivity contribution < 1.29 is 9.84 Å². The SMILES string of the molecule is OCc1c(Cl)cccc1Oc1ccc2c(c1)CCC2. The van der Waals surface area contributed by atoms with E-state index < -0.39 is 0 Å². The molecule has 1 aliphatic rings. The molecular formula is C16H15ClO2. The van der Waals surface area contributed by atoms with Gasteiger partial charge in [-0.1, -0.05) is 23.7 Å². The maximum absolute atomic E-state index is 9.37. The molecule has 1 aliphatic carbocycles. The summed E-state index contributed by atoms with van der Waals surface area (Å²) < 4.78 is 5.86. The number of benzene rings is 2. The number of hydrogen-bond donors (Lipinski definition) is 1. The number of hydrogen-bond acceptors (Lipinski definition) is 2. The van der Waals surface area contributed by atoms with Gasteiger partial charge in [0.25, 0.3) is 0 Å². The molecule has 2 aromatic rings. The van der Waals surface area contributed by atoms with Gasteiger partial charge in [0, 0.05) is 10.6 Å². The van der Waals surface area contributed by atoms with Gasteiger partial charge in [0.1, 0.15) is 11.5 Å². The Kier molecular flexibility index (Phi) is 3.45. The van der Waals surface area contributed by atoms with Gasteiger partial charge in [-0.25, -0.2) is 0 Å². The van der Waals surface area contributed by atoms with Gasteiger partial charge in [-0.15, -0.1) is 0 Å². The van der Waals surface area contributed by atoms with E-state index in [0.29, 0.717) is 16.3 Å². The van der Waals surface area contributed by atoms with E-state index in [9.17, 15) is 5.11 Å². The molecule has 0 bridgehead atoms. The normalized spacial score (nSPS) is 13.4. The Morgan fingerprint density at radius 2 is 1.95 bits per heavy atom. The molecule has 2 nitrogen and oxygen atoms in total. The number of rotatable bonds is 3. The molecule has 0 aliphatic heterocycles. The van der Waals surface area contributed by atoms with Crippen molar-refractivity contribution in [3.63, 3.8) is 0 Å². The highest BCUT2D eigenvalue weighted by Gasteiger charge is 2.13. The molecule has 0 amide bonds. The van der Waals surface area contributed by atoms with Crippen LogP contribution in [-0.2, 0) is 19.4 Å². The zero-order valence-electron chi connectivity index (χ0n) is 10.5. The van der Waals surface area contributed by atoms with Crippen LogP contribution >= 0.6 is 11.6 Å². The second kappa shape index (κ2) is 5.24. The highest BCUT2D eigenvalue weighted by atomic mass is 35.5. The molecular weight excluding hydrogens is 260 g/mol. The van der Waals surface area contributed by atoms with Crippen LogP contribution in [0.4, 0.5) is 0 Å². The summed E-state index contributed by atoms with van der Waals surface area (Å²) in [5.41, 5.74) is 3.41. The first kappa shape index (κ1) is 12.5. The van der Waals surface area contributed by atoms with Gasteiger partial charge >= 0.3 is 0 Å². The van der Waals surface area contributed by atoms with E-state index in [1.54, 1.807) is 6.07 Å². The molecule has 0 saturated carbocycles. The summed E-state index contributed by atoms with van der Waals surface area (Å²) in [7, 11) is 0. The molecule has 0 saturated heterocycles. The van der Waals surface area contributed by atoms with E-state index in [-0.39, 0.29) is 6.61 Å². The van der Waals surface area contributed by atoms with Crippen LogP contribution < -0.4 is 4.74 Å². The quantitative estimate of drug-likeness (QED) is 0.912. The van der Waals surface area contributed by atoms with Gasteiger partial charge < -0.3 is 9.84 Å². The van der Waals surface area contributed by atoms with E-state index in [4.69, 9.17) is 16.3 Å². The lowest BCUT2D eigenvalue weighted by Gasteiger charge is -2.12. The third-order valence-corrected chi connectivity index (χ3v) is 3.89. The molecule has 1 N–H and O–H groups in total. The summed E-state index contributed by atoms with van der Waals surface area (Å²) in [4.78, 5) is 0. The van der Waals surface area contributed by atoms with Gasteiger partial charge in [0.15, 0.2) is 0 Å². The molecule has 2 aromatic carbocycles. The highest BCUT2D eigenvalue weighted by Crippen LogP contribution is 2.32. The van der Waals surface area contributed by atoms with E-state index in [0.717, 1.165) is 18.6 Å². The molecule has 0 spiro atoms. The molecule has 3 heteroatoms. The Morgan fingerprint density at radius 1 is 1.11 bits per heavy atom. The van der Waals surface area contributed by atoms with Gasteiger partial charge in [-0.05, 0) is 54.7 Å². The topological polar surface area (TPSA) is 29.5 Å². The van der Waals surface area contributed by atoms with Crippen molar-refractivity contribution in [1.29, 1.82) is 0 Å². The van der Waals surface area contributed by atoms with Crippen LogP contribution in [0.1, 0.15) is 23.1 Å². The molecule has 0 atom stereocenters. The molecule has 19 heavy (non-hydrogen) atoms. The van der Waals surface area contributed by atoms with Crippen molar-refractivity contribution in [3.8, 4) is 11.5 Å². The fourth-order valence-electron chi connectivity index (χ4n) is 2.53. The monoisotopic (exact) mass is 274 g/mol. The Balaban J connectivity index is 1.91. The van der Waals surface area contributed by atoms with Crippen LogP contribution in [0.15, 0.2) is 36.4 Å². The highest BCUT2D eigenvalue weighted by molar-refractivity contribution is 6.31. The Hall–Kier alpha value is -1.51. The van der Waals surface area contributed by atoms with Crippen molar-refractivity contribution >= 4 is 11.6 Å². The van der Waals surface area contributed by atoms with Crippen molar-refractivity contribution in [2.75, 3.05) is 0 Å². The van der Waals surface area contributed by atoms with Crippen LogP contribution in [0.25, 0.3) is 0 Å². The van der Waals surface area contributed by atoms with Gasteiger partial charge in [-0.3, -0.25) is 0 Å². The standard InChI is InChI=1S/C16H15ClO2/c17-15-5-2-6-16(14(15)10-18)19-13-8-7-11-3-1-4-12(11)9-13/h2,5-9,18H,1,3-4,10H2. The minimum Gasteiger partial charge on any atom is -0.457 e. The lowest BCUT2D eigenvalue weighted by atomic mass is 10.1. The molecule has 0 aromatic heterocycles. The molecule has 0 unspecified atom stereocenters. The number of ether oxygens (including phenoxy) is 1. The van der Waals surface area contributed by atoms with Crippen molar-refractivity contribution in [2.45, 2.75) is 25.9 Å². The fourth-order valence-corrected chi connectivity index (χ4v) is 2.75. The van der Waals surface area contributed by atoms with Gasteiger partial charge in [0.2, 0.25) is 0 Å². The van der Waals surface area contributed by atoms with E-state index in [2.05, 4.69) is 12.1 Å². The first-order valence-corrected chi connectivity index (χ1v) is 6.83. The largest absolute Gasteiger partial charge is 0.457 e. The molecule has 0 fully saturated rings. The first-order valence-electron chi connectivity index (χ1n) is 6.46. The minimum absolute atomic E-state index is 0.125. The van der Waals surface area contributed by atoms with Crippen LogP contribution in [0.3, 0.4) is 0 Å². The second-order valence-electron chi connectivity index (χ2n) is 4.76. The zero-order valence-corrected chi connectivity index (χ0v) is 11.3. The van der Waals surface area contributed by atoms with E-state index in [1.807, 2.05) is 18.2 Å². The van der Waals surface area contributed by atoms with Crippen molar-refractivity contribution in [3.05, 3.63) is 58.1 Å². The lowest BCUT2D eigenvalue weighted by molar-refractivity contribution is 0.276. The summed E-state index contributed by atoms with van der Waals surface area (Å²) in [5.74, 6) is 1.42. The Bertz CT molecular complexity index is 608. The van der Waals surface area contributed by atoms with Crippen LogP contribution in [0.5, 0.6) is 11.5 Å². The predicted octanol–water partition coefficient (Wildman–Crippen LogP) is 4.11. The molecule has 0 heterocycles. The third kappa shape index (κ3) is 2.46. The number of aryl methyl sites for hydroxylation is 2. The average molecular weight is 275 g/mol. The summed E-state index contributed by atoms with van der Waals surface area (Å²) in [6.45, 7) is -0.125. The fraction of sp³-hybridized carbons (Fsp3) is 0.250. The van der Waals surface area contributed by atoms with Crippen LogP contribution in [-0.4, -0.2) is 5.11 Å². The lowest BCUT2D eigenvalue weighted by Crippen LogP contribution is -1.93. The molecule has 98 valence electrons. The number of halogens is 1. The van der Waals surface area contributed by atoms with Crippen LogP contribution in [0, 0.1) is 0 Å². The number of aliphatic hydroxyl groups excluding tert-OH is 1. The Labute approximate surface area is 117 Å². The molecule has 0 radical (unpaired) electrons. The summed E-state index contributed by atoms with van der Waals surface area (Å²) in [6, 6.07) is 11.6. The smallest absolute Gasteiger partial charge is 0.134 e. The van der Waals surface area contributed by atoms with Crippen molar-refractivity contribution in [2.24, 2.45) is 0 Å². The maximum atomic E-state index is 9.37. The maximum Gasteiger partial charge on any atom is 0.134 e. The average Bonchev–Trinajstić information content (AvgIpc) is 2.86. The minimum atomic E-state index is -0.125. The summed E-state index contributed by atoms with van der Waals surface area (Å²) in [6.07, 6.45) is 3.50. The molecule has 3 rings (SSSR count). The Morgan fingerprint density at radius 3 is 2.79 bits per heavy atom. The second-order valence-corrected chi connectivity index (χ2v) is 5.17. The van der Waals surface area contributed by atoms with Crippen LogP contribution in [0.2, 0.25) is 5.02 Å². The summed E-state index contributed by atoms with van der Waals surface area (Å²) in [5, 5.41) is 9.90. The zero-order chi connectivity index (χ0) is 13.2. The van der Waals surface area contributed by atoms with Crippen molar-refractivity contribution in [1.82, 2.24) is 0 Å². The first-order chi connectivity index (χ1) is 9.28. The number of fused-ring (bicyclic) bond motifs is 1. The summed E-state index contributed by atoms with van der Waals surface area (Å²) >= 11 is 6.05. The predicted molar refractivity (Wildman–Crippen MR) is 75.9 cm³/mol. The van der Waals surface area contributed by atoms with Gasteiger partial charge in [-0.2, -0.15) is 0 Å². The number of aliphatic hydroxyl groups is 1. The van der Waals surface area contributed by atoms with E-state index in [1.165, 1.54) is 17.5 Å². The van der Waals surface area contributed by atoms with E-state index >= 15 is 0 Å². The third-order valence-electron chi connectivity index (χ3n) is 3.53.